The predicted molar refractivity (Wildman–Crippen MR) is 63.0 cm³/mol. The molecule has 2 N–H and O–H groups in total. The molecule has 0 aliphatic heterocycles. The van der Waals surface area contributed by atoms with Gasteiger partial charge in [0.25, 0.3) is 5.91 Å². The minimum Gasteiger partial charge on any atom is -0.484 e. The number of rotatable bonds is 6. The van der Waals surface area contributed by atoms with E-state index in [0.717, 1.165) is 0 Å². The molecule has 1 aromatic rings. The van der Waals surface area contributed by atoms with Crippen molar-refractivity contribution < 1.29 is 24.2 Å². The second-order valence-corrected chi connectivity index (χ2v) is 3.43. The largest absolute Gasteiger partial charge is 0.484 e. The summed E-state index contributed by atoms with van der Waals surface area (Å²) in [4.78, 5) is 22.6. The summed E-state index contributed by atoms with van der Waals surface area (Å²) in [5, 5.41) is 11.2. The number of aliphatic hydroxyl groups excluding tert-OH is 1. The Morgan fingerprint density at radius 3 is 2.56 bits per heavy atom. The van der Waals surface area contributed by atoms with Crippen molar-refractivity contribution in [3.8, 4) is 5.75 Å². The molecule has 6 heteroatoms. The van der Waals surface area contributed by atoms with E-state index in [2.05, 4.69) is 10.1 Å². The maximum atomic E-state index is 11.5. The highest BCUT2D eigenvalue weighted by atomic mass is 16.5. The fourth-order valence-electron chi connectivity index (χ4n) is 1.22. The van der Waals surface area contributed by atoms with Crippen LogP contribution >= 0.6 is 0 Å². The van der Waals surface area contributed by atoms with E-state index >= 15 is 0 Å². The molecule has 0 heterocycles. The Morgan fingerprint density at radius 1 is 1.33 bits per heavy atom. The Hall–Kier alpha value is -2.08. The number of para-hydroxylation sites is 1. The van der Waals surface area contributed by atoms with E-state index in [0.29, 0.717) is 5.75 Å². The highest BCUT2D eigenvalue weighted by Crippen LogP contribution is 2.07. The van der Waals surface area contributed by atoms with E-state index in [1.807, 2.05) is 6.07 Å². The van der Waals surface area contributed by atoms with Crippen molar-refractivity contribution in [2.24, 2.45) is 0 Å². The lowest BCUT2D eigenvalue weighted by atomic mass is 10.3. The molecular weight excluding hydrogens is 238 g/mol. The van der Waals surface area contributed by atoms with E-state index < -0.39 is 24.5 Å². The standard InChI is InChI=1S/C12H15NO5/c1-17-12(16)10(7-14)13-11(15)8-18-9-5-3-2-4-6-9/h2-6,10,14H,7-8H2,1H3,(H,13,15)/t10-/m1/s1. The first kappa shape index (κ1) is 14.0. The van der Waals surface area contributed by atoms with E-state index in [4.69, 9.17) is 9.84 Å². The summed E-state index contributed by atoms with van der Waals surface area (Å²) < 4.78 is 9.59. The van der Waals surface area contributed by atoms with Gasteiger partial charge in [-0.1, -0.05) is 18.2 Å². The summed E-state index contributed by atoms with van der Waals surface area (Å²) in [7, 11) is 1.18. The molecule has 0 aliphatic carbocycles. The molecule has 0 fully saturated rings. The first-order valence-corrected chi connectivity index (χ1v) is 5.33. The summed E-state index contributed by atoms with van der Waals surface area (Å²) in [5.74, 6) is -0.667. The second-order valence-electron chi connectivity index (χ2n) is 3.43. The molecule has 98 valence electrons. The van der Waals surface area contributed by atoms with Crippen molar-refractivity contribution in [1.82, 2.24) is 5.32 Å². The zero-order valence-corrected chi connectivity index (χ0v) is 9.96. The molecule has 0 spiro atoms. The summed E-state index contributed by atoms with van der Waals surface area (Å²) in [5.41, 5.74) is 0. The van der Waals surface area contributed by atoms with Gasteiger partial charge < -0.3 is 19.9 Å². The minimum absolute atomic E-state index is 0.239. The lowest BCUT2D eigenvalue weighted by Crippen LogP contribution is -2.45. The monoisotopic (exact) mass is 253 g/mol. The zero-order valence-electron chi connectivity index (χ0n) is 9.96. The molecule has 0 aliphatic rings. The van der Waals surface area contributed by atoms with Crippen molar-refractivity contribution in [2.45, 2.75) is 6.04 Å². The van der Waals surface area contributed by atoms with Gasteiger partial charge in [0, 0.05) is 0 Å². The van der Waals surface area contributed by atoms with Gasteiger partial charge in [-0.05, 0) is 12.1 Å². The number of ether oxygens (including phenoxy) is 2. The van der Waals surface area contributed by atoms with Gasteiger partial charge in [-0.3, -0.25) is 4.79 Å². The molecule has 0 unspecified atom stereocenters. The number of nitrogens with one attached hydrogen (secondary N) is 1. The van der Waals surface area contributed by atoms with Gasteiger partial charge in [-0.2, -0.15) is 0 Å². The maximum absolute atomic E-state index is 11.5. The predicted octanol–water partition coefficient (Wildman–Crippen LogP) is -0.285. The summed E-state index contributed by atoms with van der Waals surface area (Å²) in [6, 6.07) is 7.72. The van der Waals surface area contributed by atoms with Crippen molar-refractivity contribution in [3.05, 3.63) is 30.3 Å². The van der Waals surface area contributed by atoms with E-state index in [1.54, 1.807) is 24.3 Å². The quantitative estimate of drug-likeness (QED) is 0.681. The molecule has 1 rings (SSSR count). The highest BCUT2D eigenvalue weighted by Gasteiger charge is 2.20. The zero-order chi connectivity index (χ0) is 13.4. The molecule has 18 heavy (non-hydrogen) atoms. The third-order valence-electron chi connectivity index (χ3n) is 2.12. The third kappa shape index (κ3) is 4.42. The lowest BCUT2D eigenvalue weighted by molar-refractivity contribution is -0.146. The van der Waals surface area contributed by atoms with Crippen LogP contribution in [0.1, 0.15) is 0 Å². The smallest absolute Gasteiger partial charge is 0.330 e. The molecule has 1 aromatic carbocycles. The fourth-order valence-corrected chi connectivity index (χ4v) is 1.22. The Bertz CT molecular complexity index is 393. The van der Waals surface area contributed by atoms with E-state index in [-0.39, 0.29) is 6.61 Å². The number of carbonyl (C=O) groups is 2. The average molecular weight is 253 g/mol. The SMILES string of the molecule is COC(=O)[C@@H](CO)NC(=O)COc1ccccc1. The molecule has 1 atom stereocenters. The Morgan fingerprint density at radius 2 is 2.00 bits per heavy atom. The number of carbonyl (C=O) groups excluding carboxylic acids is 2. The molecule has 0 aromatic heterocycles. The van der Waals surface area contributed by atoms with Crippen LogP contribution in [0.4, 0.5) is 0 Å². The summed E-state index contributed by atoms with van der Waals surface area (Å²) >= 11 is 0. The van der Waals surface area contributed by atoms with Crippen LogP contribution in [0, 0.1) is 0 Å². The molecule has 1 amide bonds. The molecule has 0 saturated heterocycles. The third-order valence-corrected chi connectivity index (χ3v) is 2.12. The van der Waals surface area contributed by atoms with Gasteiger partial charge >= 0.3 is 5.97 Å². The van der Waals surface area contributed by atoms with Crippen LogP contribution in [-0.4, -0.2) is 43.3 Å². The van der Waals surface area contributed by atoms with Crippen LogP contribution < -0.4 is 10.1 Å². The number of esters is 1. The van der Waals surface area contributed by atoms with Crippen LogP contribution in [0.3, 0.4) is 0 Å². The lowest BCUT2D eigenvalue weighted by Gasteiger charge is -2.14. The number of hydrogen-bond donors (Lipinski definition) is 2. The Kier molecular flexibility index (Phi) is 5.66. The molecule has 0 saturated carbocycles. The average Bonchev–Trinajstić information content (AvgIpc) is 2.42. The van der Waals surface area contributed by atoms with Crippen molar-refractivity contribution in [1.29, 1.82) is 0 Å². The summed E-state index contributed by atoms with van der Waals surface area (Å²) in [6.07, 6.45) is 0. The molecule has 6 nitrogen and oxygen atoms in total. The van der Waals surface area contributed by atoms with Gasteiger partial charge in [0.05, 0.1) is 13.7 Å². The van der Waals surface area contributed by atoms with Gasteiger partial charge in [-0.25, -0.2) is 4.79 Å². The van der Waals surface area contributed by atoms with E-state index in [1.165, 1.54) is 7.11 Å². The van der Waals surface area contributed by atoms with Crippen LogP contribution in [0.2, 0.25) is 0 Å². The number of aliphatic hydroxyl groups is 1. The maximum Gasteiger partial charge on any atom is 0.330 e. The normalized spacial score (nSPS) is 11.4. The summed E-state index contributed by atoms with van der Waals surface area (Å²) in [6.45, 7) is -0.763. The van der Waals surface area contributed by atoms with Gasteiger partial charge in [0.15, 0.2) is 12.6 Å². The van der Waals surface area contributed by atoms with Crippen molar-refractivity contribution in [2.75, 3.05) is 20.3 Å². The molecular formula is C12H15NO5. The van der Waals surface area contributed by atoms with Crippen LogP contribution in [0.15, 0.2) is 30.3 Å². The van der Waals surface area contributed by atoms with Gasteiger partial charge in [0.1, 0.15) is 5.75 Å². The minimum atomic E-state index is -1.07. The number of hydrogen-bond acceptors (Lipinski definition) is 5. The Labute approximate surface area is 105 Å². The van der Waals surface area contributed by atoms with Crippen molar-refractivity contribution in [3.63, 3.8) is 0 Å². The number of benzene rings is 1. The molecule has 0 bridgehead atoms. The Balaban J connectivity index is 2.39. The first-order chi connectivity index (χ1) is 8.67. The highest BCUT2D eigenvalue weighted by molar-refractivity contribution is 5.85. The first-order valence-electron chi connectivity index (χ1n) is 5.33. The van der Waals surface area contributed by atoms with Crippen LogP contribution in [-0.2, 0) is 14.3 Å². The van der Waals surface area contributed by atoms with Crippen molar-refractivity contribution >= 4 is 11.9 Å². The van der Waals surface area contributed by atoms with E-state index in [9.17, 15) is 9.59 Å². The van der Waals surface area contributed by atoms with Crippen LogP contribution in [0.25, 0.3) is 0 Å². The van der Waals surface area contributed by atoms with Crippen LogP contribution in [0.5, 0.6) is 5.75 Å². The number of amides is 1. The van der Waals surface area contributed by atoms with Gasteiger partial charge in [0.2, 0.25) is 0 Å². The topological polar surface area (TPSA) is 84.9 Å². The van der Waals surface area contributed by atoms with Gasteiger partial charge in [-0.15, -0.1) is 0 Å². The molecule has 0 radical (unpaired) electrons. The fraction of sp³-hybridized carbons (Fsp3) is 0.333. The number of methoxy groups -OCH3 is 1. The second kappa shape index (κ2) is 7.29.